The summed E-state index contributed by atoms with van der Waals surface area (Å²) < 4.78 is 10.3. The van der Waals surface area contributed by atoms with Crippen LogP contribution in [0.15, 0.2) is 48.5 Å². The average Bonchev–Trinajstić information content (AvgIpc) is 2.55. The van der Waals surface area contributed by atoms with E-state index in [1.54, 1.807) is 54.6 Å². The zero-order valence-corrected chi connectivity index (χ0v) is 12.4. The summed E-state index contributed by atoms with van der Waals surface area (Å²) in [7, 11) is 1.32. The van der Waals surface area contributed by atoms with Crippen LogP contribution >= 0.6 is 0 Å². The van der Waals surface area contributed by atoms with Crippen molar-refractivity contribution in [3.63, 3.8) is 0 Å². The molecule has 0 saturated heterocycles. The van der Waals surface area contributed by atoms with Crippen molar-refractivity contribution in [3.05, 3.63) is 54.1 Å². The van der Waals surface area contributed by atoms with Crippen LogP contribution in [0.4, 0.5) is 5.69 Å². The van der Waals surface area contributed by atoms with Crippen LogP contribution in [0.5, 0.6) is 11.5 Å². The van der Waals surface area contributed by atoms with E-state index in [0.29, 0.717) is 22.7 Å². The van der Waals surface area contributed by atoms with Crippen LogP contribution in [0.1, 0.15) is 16.8 Å². The third kappa shape index (κ3) is 4.58. The smallest absolute Gasteiger partial charge is 0.337 e. The van der Waals surface area contributed by atoms with Crippen molar-refractivity contribution in [3.8, 4) is 17.6 Å². The molecule has 116 valence electrons. The predicted molar refractivity (Wildman–Crippen MR) is 83.2 cm³/mol. The summed E-state index contributed by atoms with van der Waals surface area (Å²) in [4.78, 5) is 22.8. The number of rotatable bonds is 5. The minimum atomic E-state index is -0.418. The SMILES string of the molecule is COC(=O)c1ccc(Oc2cccc(NC(=O)CC#N)c2)cc1. The molecule has 0 aliphatic heterocycles. The highest BCUT2D eigenvalue weighted by Crippen LogP contribution is 2.24. The van der Waals surface area contributed by atoms with Crippen LogP contribution in [0.25, 0.3) is 0 Å². The highest BCUT2D eigenvalue weighted by atomic mass is 16.5. The fourth-order valence-corrected chi connectivity index (χ4v) is 1.83. The fraction of sp³-hybridized carbons (Fsp3) is 0.118. The van der Waals surface area contributed by atoms with Gasteiger partial charge in [0, 0.05) is 11.8 Å². The number of methoxy groups -OCH3 is 1. The maximum atomic E-state index is 11.4. The minimum absolute atomic E-state index is 0.208. The molecule has 0 radical (unpaired) electrons. The van der Waals surface area contributed by atoms with Crippen molar-refractivity contribution >= 4 is 17.6 Å². The highest BCUT2D eigenvalue weighted by molar-refractivity contribution is 5.92. The molecule has 1 amide bonds. The maximum absolute atomic E-state index is 11.4. The molecule has 6 nitrogen and oxygen atoms in total. The third-order valence-corrected chi connectivity index (χ3v) is 2.87. The second-order valence-corrected chi connectivity index (χ2v) is 4.53. The molecule has 0 heterocycles. The first-order valence-electron chi connectivity index (χ1n) is 6.75. The lowest BCUT2D eigenvalue weighted by Gasteiger charge is -2.08. The van der Waals surface area contributed by atoms with Crippen molar-refractivity contribution in [2.45, 2.75) is 6.42 Å². The Hall–Kier alpha value is -3.33. The Morgan fingerprint density at radius 1 is 1.13 bits per heavy atom. The normalized spacial score (nSPS) is 9.57. The molecule has 0 aliphatic rings. The van der Waals surface area contributed by atoms with Gasteiger partial charge in [-0.25, -0.2) is 4.79 Å². The van der Waals surface area contributed by atoms with Crippen LogP contribution in [-0.4, -0.2) is 19.0 Å². The van der Waals surface area contributed by atoms with Gasteiger partial charge in [0.05, 0.1) is 18.7 Å². The Kier molecular flexibility index (Phi) is 5.31. The molecule has 0 saturated carbocycles. The number of ether oxygens (including phenoxy) is 2. The van der Waals surface area contributed by atoms with E-state index < -0.39 is 5.97 Å². The van der Waals surface area contributed by atoms with Crippen LogP contribution in [0, 0.1) is 11.3 Å². The Morgan fingerprint density at radius 2 is 1.87 bits per heavy atom. The van der Waals surface area contributed by atoms with E-state index in [0.717, 1.165) is 0 Å². The number of hydrogen-bond donors (Lipinski definition) is 1. The van der Waals surface area contributed by atoms with Crippen molar-refractivity contribution in [1.82, 2.24) is 0 Å². The number of carbonyl (C=O) groups excluding carboxylic acids is 2. The molecule has 0 atom stereocenters. The van der Waals surface area contributed by atoms with Gasteiger partial charge in [-0.3, -0.25) is 4.79 Å². The quantitative estimate of drug-likeness (QED) is 0.857. The molecule has 6 heteroatoms. The molecule has 2 aromatic rings. The Balaban J connectivity index is 2.07. The number of hydrogen-bond acceptors (Lipinski definition) is 5. The molecule has 0 aliphatic carbocycles. The third-order valence-electron chi connectivity index (χ3n) is 2.87. The summed E-state index contributed by atoms with van der Waals surface area (Å²) in [5.74, 6) is 0.259. The number of carbonyl (C=O) groups is 2. The molecule has 0 bridgehead atoms. The zero-order chi connectivity index (χ0) is 16.7. The summed E-state index contributed by atoms with van der Waals surface area (Å²) in [6.45, 7) is 0. The van der Waals surface area contributed by atoms with Crippen molar-refractivity contribution in [2.24, 2.45) is 0 Å². The first-order valence-corrected chi connectivity index (χ1v) is 6.75. The van der Waals surface area contributed by atoms with E-state index in [1.165, 1.54) is 7.11 Å². The van der Waals surface area contributed by atoms with Gasteiger partial charge in [0.2, 0.25) is 5.91 Å². The number of nitriles is 1. The molecule has 23 heavy (non-hydrogen) atoms. The molecule has 2 rings (SSSR count). The Labute approximate surface area is 133 Å². The number of nitrogens with zero attached hydrogens (tertiary/aromatic N) is 1. The van der Waals surface area contributed by atoms with Gasteiger partial charge in [-0.1, -0.05) is 6.07 Å². The second kappa shape index (κ2) is 7.61. The molecular formula is C17H14N2O4. The number of esters is 1. The number of anilines is 1. The van der Waals surface area contributed by atoms with Crippen LogP contribution in [0.3, 0.4) is 0 Å². The second-order valence-electron chi connectivity index (χ2n) is 4.53. The van der Waals surface area contributed by atoms with E-state index in [4.69, 9.17) is 10.00 Å². The van der Waals surface area contributed by atoms with E-state index in [1.807, 2.05) is 0 Å². The fourth-order valence-electron chi connectivity index (χ4n) is 1.83. The summed E-state index contributed by atoms with van der Waals surface area (Å²) in [6, 6.07) is 15.1. The van der Waals surface area contributed by atoms with Crippen LogP contribution in [-0.2, 0) is 9.53 Å². The number of benzene rings is 2. The summed E-state index contributed by atoms with van der Waals surface area (Å²) in [6.07, 6.45) is -0.208. The Bertz CT molecular complexity index is 748. The van der Waals surface area contributed by atoms with Gasteiger partial charge in [0.1, 0.15) is 17.9 Å². The van der Waals surface area contributed by atoms with E-state index >= 15 is 0 Å². The molecule has 2 aromatic carbocycles. The molecular weight excluding hydrogens is 296 g/mol. The molecule has 0 fully saturated rings. The van der Waals surface area contributed by atoms with Gasteiger partial charge >= 0.3 is 5.97 Å². The van der Waals surface area contributed by atoms with E-state index in [-0.39, 0.29) is 12.3 Å². The molecule has 0 unspecified atom stereocenters. The van der Waals surface area contributed by atoms with Gasteiger partial charge in [-0.15, -0.1) is 0 Å². The summed E-state index contributed by atoms with van der Waals surface area (Å²) in [5.41, 5.74) is 0.964. The lowest BCUT2D eigenvalue weighted by Crippen LogP contribution is -2.09. The van der Waals surface area contributed by atoms with Crippen molar-refractivity contribution < 1.29 is 19.1 Å². The molecule has 0 spiro atoms. The van der Waals surface area contributed by atoms with Gasteiger partial charge in [-0.2, -0.15) is 5.26 Å². The lowest BCUT2D eigenvalue weighted by atomic mass is 10.2. The largest absolute Gasteiger partial charge is 0.465 e. The molecule has 0 aromatic heterocycles. The highest BCUT2D eigenvalue weighted by Gasteiger charge is 2.06. The monoisotopic (exact) mass is 310 g/mol. The van der Waals surface area contributed by atoms with Gasteiger partial charge in [0.25, 0.3) is 0 Å². The number of nitrogens with one attached hydrogen (secondary N) is 1. The van der Waals surface area contributed by atoms with E-state index in [9.17, 15) is 9.59 Å². The van der Waals surface area contributed by atoms with Crippen molar-refractivity contribution in [2.75, 3.05) is 12.4 Å². The summed E-state index contributed by atoms with van der Waals surface area (Å²) in [5, 5.41) is 11.1. The topological polar surface area (TPSA) is 88.4 Å². The maximum Gasteiger partial charge on any atom is 0.337 e. The predicted octanol–water partition coefficient (Wildman–Crippen LogP) is 3.12. The van der Waals surface area contributed by atoms with Crippen molar-refractivity contribution in [1.29, 1.82) is 5.26 Å². The first-order chi connectivity index (χ1) is 11.1. The Morgan fingerprint density at radius 3 is 2.52 bits per heavy atom. The van der Waals surface area contributed by atoms with Gasteiger partial charge in [-0.05, 0) is 36.4 Å². The van der Waals surface area contributed by atoms with Crippen LogP contribution < -0.4 is 10.1 Å². The number of amides is 1. The van der Waals surface area contributed by atoms with E-state index in [2.05, 4.69) is 10.1 Å². The minimum Gasteiger partial charge on any atom is -0.465 e. The molecule has 1 N–H and O–H groups in total. The average molecular weight is 310 g/mol. The zero-order valence-electron chi connectivity index (χ0n) is 12.4. The van der Waals surface area contributed by atoms with Gasteiger partial charge in [0.15, 0.2) is 0 Å². The van der Waals surface area contributed by atoms with Gasteiger partial charge < -0.3 is 14.8 Å². The summed E-state index contributed by atoms with van der Waals surface area (Å²) >= 11 is 0. The lowest BCUT2D eigenvalue weighted by molar-refractivity contribution is -0.115. The first kappa shape index (κ1) is 16.0. The van der Waals surface area contributed by atoms with Crippen LogP contribution in [0.2, 0.25) is 0 Å². The standard InChI is InChI=1S/C17H14N2O4/c1-22-17(21)12-5-7-14(8-6-12)23-15-4-2-3-13(11-15)19-16(20)9-10-18/h2-8,11H,9H2,1H3,(H,19,20).